The molecule has 0 atom stereocenters. The van der Waals surface area contributed by atoms with Crippen molar-refractivity contribution < 1.29 is 14.3 Å². The van der Waals surface area contributed by atoms with Crippen LogP contribution in [0.25, 0.3) is 0 Å². The topological polar surface area (TPSA) is 72.6 Å². The van der Waals surface area contributed by atoms with Crippen molar-refractivity contribution in [1.82, 2.24) is 4.90 Å². The molecule has 1 amide bonds. The van der Waals surface area contributed by atoms with Gasteiger partial charge in [0, 0.05) is 47.9 Å². The molecule has 0 spiro atoms. The molecule has 2 N–H and O–H groups in total. The summed E-state index contributed by atoms with van der Waals surface area (Å²) in [4.78, 5) is 28.6. The second-order valence-corrected chi connectivity index (χ2v) is 7.80. The molecule has 1 aliphatic rings. The Balaban J connectivity index is 1.72. The number of amides is 1. The minimum absolute atomic E-state index is 0.0743. The Morgan fingerprint density at radius 1 is 1.29 bits per heavy atom. The van der Waals surface area contributed by atoms with Crippen LogP contribution >= 0.6 is 11.3 Å². The fourth-order valence-corrected chi connectivity index (χ4v) is 3.97. The van der Waals surface area contributed by atoms with Gasteiger partial charge in [0.15, 0.2) is 5.78 Å². The Morgan fingerprint density at radius 2 is 2.00 bits per heavy atom. The van der Waals surface area contributed by atoms with Gasteiger partial charge < -0.3 is 15.4 Å². The standard InChI is InChI=1S/C18H28N2O3S/c1-13-12-16(14(2)24-13)17(21)4-5-18(22)20-9-6-15(7-10-20)23-11-3-8-19/h12,15H,3-11,19H2,1-2H3. The molecule has 1 aliphatic heterocycles. The Morgan fingerprint density at radius 3 is 2.58 bits per heavy atom. The van der Waals surface area contributed by atoms with Gasteiger partial charge in [-0.15, -0.1) is 11.3 Å². The predicted octanol–water partition coefficient (Wildman–Crippen LogP) is 2.68. The third kappa shape index (κ3) is 5.40. The minimum Gasteiger partial charge on any atom is -0.378 e. The molecule has 2 heterocycles. The van der Waals surface area contributed by atoms with Crippen LogP contribution in [0, 0.1) is 13.8 Å². The van der Waals surface area contributed by atoms with Gasteiger partial charge in [-0.25, -0.2) is 0 Å². The van der Waals surface area contributed by atoms with Crippen LogP contribution in [0.5, 0.6) is 0 Å². The first kappa shape index (κ1) is 19.1. The van der Waals surface area contributed by atoms with E-state index in [1.54, 1.807) is 11.3 Å². The number of ether oxygens (including phenoxy) is 1. The summed E-state index contributed by atoms with van der Waals surface area (Å²) in [5, 5.41) is 0. The van der Waals surface area contributed by atoms with Crippen LogP contribution in [0.15, 0.2) is 6.07 Å². The second-order valence-electron chi connectivity index (χ2n) is 6.34. The first-order chi connectivity index (χ1) is 11.5. The molecule has 1 aromatic rings. The quantitative estimate of drug-likeness (QED) is 0.577. The van der Waals surface area contributed by atoms with E-state index in [9.17, 15) is 9.59 Å². The summed E-state index contributed by atoms with van der Waals surface area (Å²) in [6, 6.07) is 1.93. The third-order valence-corrected chi connectivity index (χ3v) is 5.37. The maximum atomic E-state index is 12.3. The highest BCUT2D eigenvalue weighted by molar-refractivity contribution is 7.12. The van der Waals surface area contributed by atoms with Crippen LogP contribution in [0.4, 0.5) is 0 Å². The van der Waals surface area contributed by atoms with Crippen molar-refractivity contribution in [2.75, 3.05) is 26.2 Å². The number of aryl methyl sites for hydroxylation is 2. The van der Waals surface area contributed by atoms with Crippen molar-refractivity contribution in [3.8, 4) is 0 Å². The number of hydrogen-bond donors (Lipinski definition) is 1. The first-order valence-corrected chi connectivity index (χ1v) is 9.52. The minimum atomic E-state index is 0.0743. The van der Waals surface area contributed by atoms with Crippen LogP contribution < -0.4 is 5.73 Å². The van der Waals surface area contributed by atoms with E-state index in [-0.39, 0.29) is 17.8 Å². The van der Waals surface area contributed by atoms with Gasteiger partial charge in [0.25, 0.3) is 0 Å². The van der Waals surface area contributed by atoms with Crippen molar-refractivity contribution in [3.63, 3.8) is 0 Å². The molecule has 1 saturated heterocycles. The molecular formula is C18H28N2O3S. The molecule has 2 rings (SSSR count). The molecule has 0 bridgehead atoms. The van der Waals surface area contributed by atoms with E-state index in [0.29, 0.717) is 26.0 Å². The number of nitrogens with two attached hydrogens (primary N) is 1. The molecule has 24 heavy (non-hydrogen) atoms. The highest BCUT2D eigenvalue weighted by Gasteiger charge is 2.23. The molecule has 0 radical (unpaired) electrons. The Kier molecular flexibility index (Phi) is 7.40. The van der Waals surface area contributed by atoms with E-state index in [2.05, 4.69) is 0 Å². The van der Waals surface area contributed by atoms with E-state index in [1.807, 2.05) is 24.8 Å². The molecular weight excluding hydrogens is 324 g/mol. The SMILES string of the molecule is Cc1cc(C(=O)CCC(=O)N2CCC(OCCCN)CC2)c(C)s1. The average Bonchev–Trinajstić information content (AvgIpc) is 2.91. The van der Waals surface area contributed by atoms with Crippen LogP contribution in [0.3, 0.4) is 0 Å². The fourth-order valence-electron chi connectivity index (χ4n) is 3.03. The summed E-state index contributed by atoms with van der Waals surface area (Å²) in [5.74, 6) is 0.151. The van der Waals surface area contributed by atoms with Gasteiger partial charge in [-0.05, 0) is 45.7 Å². The van der Waals surface area contributed by atoms with E-state index < -0.39 is 0 Å². The molecule has 0 unspecified atom stereocenters. The smallest absolute Gasteiger partial charge is 0.223 e. The maximum Gasteiger partial charge on any atom is 0.223 e. The summed E-state index contributed by atoms with van der Waals surface area (Å²) in [7, 11) is 0. The number of rotatable bonds is 8. The number of hydrogen-bond acceptors (Lipinski definition) is 5. The molecule has 1 fully saturated rings. The van der Waals surface area contributed by atoms with Crippen LogP contribution in [0.2, 0.25) is 0 Å². The number of Topliss-reactive ketones (excluding diaryl/α,β-unsaturated/α-hetero) is 1. The lowest BCUT2D eigenvalue weighted by Gasteiger charge is -2.32. The van der Waals surface area contributed by atoms with Crippen LogP contribution in [-0.4, -0.2) is 48.9 Å². The van der Waals surface area contributed by atoms with Crippen LogP contribution in [-0.2, 0) is 9.53 Å². The van der Waals surface area contributed by atoms with Gasteiger partial charge in [0.1, 0.15) is 0 Å². The van der Waals surface area contributed by atoms with Crippen molar-refractivity contribution >= 4 is 23.0 Å². The molecule has 6 heteroatoms. The lowest BCUT2D eigenvalue weighted by atomic mass is 10.0. The van der Waals surface area contributed by atoms with Crippen LogP contribution in [0.1, 0.15) is 52.2 Å². The van der Waals surface area contributed by atoms with Gasteiger partial charge >= 0.3 is 0 Å². The predicted molar refractivity (Wildman–Crippen MR) is 96.6 cm³/mol. The molecule has 0 aromatic carbocycles. The van der Waals surface area contributed by atoms with Crippen molar-refractivity contribution in [2.24, 2.45) is 5.73 Å². The zero-order valence-corrected chi connectivity index (χ0v) is 15.5. The second kappa shape index (κ2) is 9.30. The lowest BCUT2D eigenvalue weighted by Crippen LogP contribution is -2.41. The van der Waals surface area contributed by atoms with Gasteiger partial charge in [0.2, 0.25) is 5.91 Å². The monoisotopic (exact) mass is 352 g/mol. The van der Waals surface area contributed by atoms with E-state index in [0.717, 1.165) is 47.7 Å². The lowest BCUT2D eigenvalue weighted by molar-refractivity contribution is -0.133. The maximum absolute atomic E-state index is 12.3. The molecule has 0 saturated carbocycles. The Bertz CT molecular complexity index is 563. The molecule has 0 aliphatic carbocycles. The van der Waals surface area contributed by atoms with E-state index >= 15 is 0 Å². The van der Waals surface area contributed by atoms with Crippen molar-refractivity contribution in [2.45, 2.75) is 52.1 Å². The highest BCUT2D eigenvalue weighted by Crippen LogP contribution is 2.22. The zero-order valence-electron chi connectivity index (χ0n) is 14.7. The number of carbonyl (C=O) groups is 2. The molecule has 134 valence electrons. The van der Waals surface area contributed by atoms with Crippen molar-refractivity contribution in [1.29, 1.82) is 0 Å². The fraction of sp³-hybridized carbons (Fsp3) is 0.667. The number of thiophene rings is 1. The summed E-state index contributed by atoms with van der Waals surface area (Å²) < 4.78 is 5.75. The van der Waals surface area contributed by atoms with Gasteiger partial charge in [-0.3, -0.25) is 9.59 Å². The number of likely N-dealkylation sites (tertiary alicyclic amines) is 1. The van der Waals surface area contributed by atoms with Crippen molar-refractivity contribution in [3.05, 3.63) is 21.4 Å². The molecule has 5 nitrogen and oxygen atoms in total. The number of carbonyl (C=O) groups excluding carboxylic acids is 2. The summed E-state index contributed by atoms with van der Waals surface area (Å²) >= 11 is 1.63. The Hall–Kier alpha value is -1.24. The molecule has 1 aromatic heterocycles. The number of nitrogens with zero attached hydrogens (tertiary/aromatic N) is 1. The van der Waals surface area contributed by atoms with Gasteiger partial charge in [-0.1, -0.05) is 0 Å². The number of piperidine rings is 1. The largest absolute Gasteiger partial charge is 0.378 e. The van der Waals surface area contributed by atoms with Gasteiger partial charge in [0.05, 0.1) is 6.10 Å². The summed E-state index contributed by atoms with van der Waals surface area (Å²) in [5.41, 5.74) is 6.23. The third-order valence-electron chi connectivity index (χ3n) is 4.40. The Labute approximate surface area is 148 Å². The number of ketones is 1. The normalized spacial score (nSPS) is 15.7. The summed E-state index contributed by atoms with van der Waals surface area (Å²) in [6.07, 6.45) is 3.44. The van der Waals surface area contributed by atoms with E-state index in [4.69, 9.17) is 10.5 Å². The van der Waals surface area contributed by atoms with Gasteiger partial charge in [-0.2, -0.15) is 0 Å². The highest BCUT2D eigenvalue weighted by atomic mass is 32.1. The van der Waals surface area contributed by atoms with E-state index in [1.165, 1.54) is 0 Å². The summed E-state index contributed by atoms with van der Waals surface area (Å²) in [6.45, 7) is 6.74. The zero-order chi connectivity index (χ0) is 17.5. The average molecular weight is 353 g/mol. The first-order valence-electron chi connectivity index (χ1n) is 8.71.